The molecule has 0 aliphatic carbocycles. The quantitative estimate of drug-likeness (QED) is 0.611. The number of amides is 1. The molecule has 0 spiro atoms. The lowest BCUT2D eigenvalue weighted by molar-refractivity contribution is -0.137. The van der Waals surface area contributed by atoms with E-state index in [1.807, 2.05) is 29.2 Å². The van der Waals surface area contributed by atoms with Crippen LogP contribution in [0.25, 0.3) is 0 Å². The normalized spacial score (nSPS) is 18.4. The predicted octanol–water partition coefficient (Wildman–Crippen LogP) is 3.75. The minimum atomic E-state index is -3.76. The van der Waals surface area contributed by atoms with E-state index in [4.69, 9.17) is 27.9 Å². The second-order valence-electron chi connectivity index (χ2n) is 8.24. The Labute approximate surface area is 204 Å². The summed E-state index contributed by atoms with van der Waals surface area (Å²) >= 11 is 12.1. The van der Waals surface area contributed by atoms with Crippen LogP contribution >= 0.6 is 23.2 Å². The fraction of sp³-hybridized carbons (Fsp3) is 0.435. The number of ether oxygens (including phenoxy) is 1. The van der Waals surface area contributed by atoms with E-state index in [-0.39, 0.29) is 34.8 Å². The number of hydrogen-bond acceptors (Lipinski definition) is 5. The van der Waals surface area contributed by atoms with Crippen LogP contribution < -0.4 is 9.64 Å². The highest BCUT2D eigenvalue weighted by Crippen LogP contribution is 2.32. The van der Waals surface area contributed by atoms with Crippen molar-refractivity contribution in [1.82, 2.24) is 9.21 Å². The Morgan fingerprint density at radius 1 is 0.970 bits per heavy atom. The van der Waals surface area contributed by atoms with Crippen LogP contribution in [0.5, 0.6) is 5.75 Å². The van der Waals surface area contributed by atoms with E-state index in [0.29, 0.717) is 31.0 Å². The Morgan fingerprint density at radius 2 is 1.64 bits per heavy atom. The van der Waals surface area contributed by atoms with E-state index >= 15 is 0 Å². The van der Waals surface area contributed by atoms with Gasteiger partial charge < -0.3 is 14.5 Å². The van der Waals surface area contributed by atoms with Crippen LogP contribution in [-0.4, -0.2) is 69.9 Å². The third kappa shape index (κ3) is 5.09. The number of rotatable bonds is 5. The van der Waals surface area contributed by atoms with Crippen LogP contribution in [-0.2, 0) is 14.8 Å². The maximum absolute atomic E-state index is 13.1. The Kier molecular flexibility index (Phi) is 7.38. The number of hydrogen-bond donors (Lipinski definition) is 0. The Balaban J connectivity index is 1.34. The molecule has 178 valence electrons. The molecular weight excluding hydrogens is 485 g/mol. The van der Waals surface area contributed by atoms with Crippen molar-refractivity contribution in [2.24, 2.45) is 5.92 Å². The van der Waals surface area contributed by atoms with Crippen LogP contribution in [0.2, 0.25) is 10.0 Å². The Bertz CT molecular complexity index is 1110. The van der Waals surface area contributed by atoms with Crippen LogP contribution in [0.3, 0.4) is 0 Å². The van der Waals surface area contributed by atoms with E-state index in [0.717, 1.165) is 24.5 Å². The lowest BCUT2D eigenvalue weighted by Crippen LogP contribution is -2.52. The number of para-hydroxylation sites is 2. The molecule has 2 fully saturated rings. The van der Waals surface area contributed by atoms with Gasteiger partial charge in [-0.2, -0.15) is 4.31 Å². The molecule has 7 nitrogen and oxygen atoms in total. The topological polar surface area (TPSA) is 70.2 Å². The predicted molar refractivity (Wildman–Crippen MR) is 130 cm³/mol. The summed E-state index contributed by atoms with van der Waals surface area (Å²) in [6.07, 6.45) is 0.978. The second-order valence-corrected chi connectivity index (χ2v) is 11.0. The van der Waals surface area contributed by atoms with Gasteiger partial charge in [-0.15, -0.1) is 0 Å². The summed E-state index contributed by atoms with van der Waals surface area (Å²) < 4.78 is 32.9. The van der Waals surface area contributed by atoms with Crippen molar-refractivity contribution < 1.29 is 17.9 Å². The number of benzene rings is 2. The number of piperazine rings is 1. The number of halogens is 2. The smallest absolute Gasteiger partial charge is 0.244 e. The summed E-state index contributed by atoms with van der Waals surface area (Å²) in [6, 6.07) is 12.3. The number of carbonyl (C=O) groups is 1. The van der Waals surface area contributed by atoms with Gasteiger partial charge in [0, 0.05) is 50.2 Å². The minimum absolute atomic E-state index is 0.00825. The SMILES string of the molecule is COc1ccccc1N1CCN(C(=O)C2CCN(S(=O)(=O)c3cc(Cl)ccc3Cl)CC2)CC1. The molecule has 2 saturated heterocycles. The average molecular weight is 512 g/mol. The maximum atomic E-state index is 13.1. The van der Waals surface area contributed by atoms with E-state index in [1.165, 1.54) is 16.4 Å². The fourth-order valence-electron chi connectivity index (χ4n) is 4.47. The summed E-state index contributed by atoms with van der Waals surface area (Å²) in [5.74, 6) is 0.752. The summed E-state index contributed by atoms with van der Waals surface area (Å²) in [5.41, 5.74) is 1.03. The lowest BCUT2D eigenvalue weighted by Gasteiger charge is -2.39. The Morgan fingerprint density at radius 3 is 2.30 bits per heavy atom. The van der Waals surface area contributed by atoms with Crippen LogP contribution in [0.15, 0.2) is 47.4 Å². The first-order valence-electron chi connectivity index (χ1n) is 10.9. The Hall–Kier alpha value is -2.00. The van der Waals surface area contributed by atoms with Gasteiger partial charge in [0.2, 0.25) is 15.9 Å². The van der Waals surface area contributed by atoms with Crippen molar-refractivity contribution in [3.63, 3.8) is 0 Å². The van der Waals surface area contributed by atoms with Gasteiger partial charge in [-0.1, -0.05) is 35.3 Å². The largest absolute Gasteiger partial charge is 0.495 e. The molecule has 2 aromatic rings. The first-order chi connectivity index (χ1) is 15.8. The molecule has 2 heterocycles. The summed E-state index contributed by atoms with van der Waals surface area (Å²) in [6.45, 7) is 3.28. The lowest BCUT2D eigenvalue weighted by atomic mass is 9.96. The molecule has 0 saturated carbocycles. The molecule has 10 heteroatoms. The molecule has 4 rings (SSSR count). The number of sulfonamides is 1. The average Bonchev–Trinajstić information content (AvgIpc) is 2.85. The molecule has 0 radical (unpaired) electrons. The zero-order valence-corrected chi connectivity index (χ0v) is 20.7. The van der Waals surface area contributed by atoms with Gasteiger partial charge in [0.15, 0.2) is 0 Å². The summed E-state index contributed by atoms with van der Waals surface area (Å²) in [7, 11) is -2.10. The zero-order chi connectivity index (χ0) is 23.6. The maximum Gasteiger partial charge on any atom is 0.244 e. The van der Waals surface area contributed by atoms with Crippen molar-refractivity contribution in [1.29, 1.82) is 0 Å². The van der Waals surface area contributed by atoms with Gasteiger partial charge in [0.1, 0.15) is 10.6 Å². The monoisotopic (exact) mass is 511 g/mol. The molecule has 2 aliphatic heterocycles. The molecule has 2 aliphatic rings. The van der Waals surface area contributed by atoms with Crippen molar-refractivity contribution in [3.8, 4) is 5.75 Å². The van der Waals surface area contributed by atoms with Gasteiger partial charge in [0.05, 0.1) is 17.8 Å². The van der Waals surface area contributed by atoms with Crippen LogP contribution in [0.4, 0.5) is 5.69 Å². The van der Waals surface area contributed by atoms with Gasteiger partial charge in [-0.25, -0.2) is 8.42 Å². The van der Waals surface area contributed by atoms with E-state index < -0.39 is 10.0 Å². The van der Waals surface area contributed by atoms with Gasteiger partial charge in [-0.05, 0) is 43.2 Å². The molecule has 1 amide bonds. The van der Waals surface area contributed by atoms with Crippen molar-refractivity contribution >= 4 is 44.8 Å². The number of methoxy groups -OCH3 is 1. The van der Waals surface area contributed by atoms with Gasteiger partial charge >= 0.3 is 0 Å². The van der Waals surface area contributed by atoms with E-state index in [2.05, 4.69) is 4.90 Å². The third-order valence-electron chi connectivity index (χ3n) is 6.33. The van der Waals surface area contributed by atoms with Gasteiger partial charge in [0.25, 0.3) is 0 Å². The molecule has 33 heavy (non-hydrogen) atoms. The molecule has 0 bridgehead atoms. The van der Waals surface area contributed by atoms with Crippen molar-refractivity contribution in [3.05, 3.63) is 52.5 Å². The van der Waals surface area contributed by atoms with Crippen molar-refractivity contribution in [2.45, 2.75) is 17.7 Å². The van der Waals surface area contributed by atoms with Crippen LogP contribution in [0.1, 0.15) is 12.8 Å². The standard InChI is InChI=1S/C23H27Cl2N3O4S/c1-32-21-5-3-2-4-20(21)26-12-14-27(15-13-26)23(29)17-8-10-28(11-9-17)33(30,31)22-16-18(24)6-7-19(22)25/h2-7,16-17H,8-15H2,1H3. The number of nitrogens with zero attached hydrogens (tertiary/aromatic N) is 3. The highest BCUT2D eigenvalue weighted by Gasteiger charge is 2.35. The third-order valence-corrected chi connectivity index (χ3v) is 8.95. The minimum Gasteiger partial charge on any atom is -0.495 e. The highest BCUT2D eigenvalue weighted by atomic mass is 35.5. The van der Waals surface area contributed by atoms with Crippen molar-refractivity contribution in [2.75, 3.05) is 51.3 Å². The first kappa shape index (κ1) is 24.1. The van der Waals surface area contributed by atoms with Crippen LogP contribution in [0, 0.1) is 5.92 Å². The highest BCUT2D eigenvalue weighted by molar-refractivity contribution is 7.89. The summed E-state index contributed by atoms with van der Waals surface area (Å²) in [4.78, 5) is 17.3. The molecule has 0 N–H and O–H groups in total. The van der Waals surface area contributed by atoms with Gasteiger partial charge in [-0.3, -0.25) is 4.79 Å². The van der Waals surface area contributed by atoms with E-state index in [1.54, 1.807) is 13.2 Å². The number of anilines is 1. The van der Waals surface area contributed by atoms with E-state index in [9.17, 15) is 13.2 Å². The first-order valence-corrected chi connectivity index (χ1v) is 13.1. The summed E-state index contributed by atoms with van der Waals surface area (Å²) in [5, 5.41) is 0.459. The zero-order valence-electron chi connectivity index (χ0n) is 18.4. The number of carbonyl (C=O) groups excluding carboxylic acids is 1. The molecular formula is C23H27Cl2N3O4S. The molecule has 0 aromatic heterocycles. The number of piperidine rings is 1. The molecule has 0 unspecified atom stereocenters. The molecule has 0 atom stereocenters. The fourth-order valence-corrected chi connectivity index (χ4v) is 6.68. The molecule has 2 aromatic carbocycles. The second kappa shape index (κ2) is 10.1.